The minimum Gasteiger partial charge on any atom is -0.493 e. The maximum Gasteiger partial charge on any atom is 0.307 e. The van der Waals surface area contributed by atoms with Gasteiger partial charge < -0.3 is 19.3 Å². The number of rotatable bonds is 11. The molecule has 0 unspecified atom stereocenters. The predicted molar refractivity (Wildman–Crippen MR) is 92.9 cm³/mol. The van der Waals surface area contributed by atoms with Crippen LogP contribution in [0.15, 0.2) is 30.3 Å². The summed E-state index contributed by atoms with van der Waals surface area (Å²) in [4.78, 5) is 27.6. The van der Waals surface area contributed by atoms with Crippen molar-refractivity contribution < 1.29 is 19.1 Å². The normalized spacial score (nSPS) is 10.5. The standard InChI is InChI=1S/C18H28N2O4/c1-4-23-18(22)10-12-20(14-13-19(2)3)17(21)11-15-24-16-8-6-5-7-9-16/h5-9H,4,10-15H2,1-3H3. The lowest BCUT2D eigenvalue weighted by molar-refractivity contribution is -0.144. The summed E-state index contributed by atoms with van der Waals surface area (Å²) in [7, 11) is 3.90. The molecule has 1 aromatic carbocycles. The molecule has 1 amide bonds. The van der Waals surface area contributed by atoms with E-state index in [9.17, 15) is 9.59 Å². The lowest BCUT2D eigenvalue weighted by Gasteiger charge is -2.24. The fourth-order valence-corrected chi connectivity index (χ4v) is 2.07. The number of likely N-dealkylation sites (N-methyl/N-ethyl adjacent to an activating group) is 1. The maximum absolute atomic E-state index is 12.4. The van der Waals surface area contributed by atoms with Crippen molar-refractivity contribution in [2.24, 2.45) is 0 Å². The fraction of sp³-hybridized carbons (Fsp3) is 0.556. The molecule has 0 aromatic heterocycles. The minimum absolute atomic E-state index is 0.0166. The Morgan fingerprint density at radius 2 is 1.71 bits per heavy atom. The topological polar surface area (TPSA) is 59.1 Å². The molecule has 0 bridgehead atoms. The SMILES string of the molecule is CCOC(=O)CCN(CCN(C)C)C(=O)CCOc1ccccc1. The van der Waals surface area contributed by atoms with Crippen LogP contribution in [0.4, 0.5) is 0 Å². The summed E-state index contributed by atoms with van der Waals surface area (Å²) in [5, 5.41) is 0. The fourth-order valence-electron chi connectivity index (χ4n) is 2.07. The lowest BCUT2D eigenvalue weighted by atomic mass is 10.3. The van der Waals surface area contributed by atoms with Gasteiger partial charge in [0.2, 0.25) is 5.91 Å². The zero-order chi connectivity index (χ0) is 17.8. The molecule has 0 fully saturated rings. The molecule has 0 aliphatic carbocycles. The highest BCUT2D eigenvalue weighted by atomic mass is 16.5. The molecule has 0 aliphatic heterocycles. The Labute approximate surface area is 144 Å². The van der Waals surface area contributed by atoms with Gasteiger partial charge in [-0.2, -0.15) is 0 Å². The van der Waals surface area contributed by atoms with E-state index in [1.807, 2.05) is 49.3 Å². The van der Waals surface area contributed by atoms with Gasteiger partial charge in [0.25, 0.3) is 0 Å². The van der Waals surface area contributed by atoms with E-state index in [2.05, 4.69) is 0 Å². The van der Waals surface area contributed by atoms with Gasteiger partial charge in [0.15, 0.2) is 0 Å². The number of amides is 1. The number of para-hydroxylation sites is 1. The number of carbonyl (C=O) groups is 2. The highest BCUT2D eigenvalue weighted by Gasteiger charge is 2.15. The van der Waals surface area contributed by atoms with E-state index < -0.39 is 0 Å². The first-order valence-electron chi connectivity index (χ1n) is 8.29. The molecule has 0 radical (unpaired) electrons. The van der Waals surface area contributed by atoms with Crippen molar-refractivity contribution in [2.75, 3.05) is 46.9 Å². The Hall–Kier alpha value is -2.08. The summed E-state index contributed by atoms with van der Waals surface area (Å²) in [5.74, 6) is 0.453. The molecule has 0 aliphatic rings. The van der Waals surface area contributed by atoms with Gasteiger partial charge in [0.1, 0.15) is 5.75 Å². The van der Waals surface area contributed by atoms with Crippen LogP contribution in [0.25, 0.3) is 0 Å². The van der Waals surface area contributed by atoms with Gasteiger partial charge in [-0.15, -0.1) is 0 Å². The molecule has 0 saturated carbocycles. The second-order valence-electron chi connectivity index (χ2n) is 5.65. The van der Waals surface area contributed by atoms with Gasteiger partial charge in [-0.25, -0.2) is 0 Å². The molecule has 6 heteroatoms. The molecular weight excluding hydrogens is 308 g/mol. The largest absolute Gasteiger partial charge is 0.493 e. The number of esters is 1. The van der Waals surface area contributed by atoms with Gasteiger partial charge in [0.05, 0.1) is 26.1 Å². The molecule has 6 nitrogen and oxygen atoms in total. The molecular formula is C18H28N2O4. The molecule has 0 saturated heterocycles. The number of carbonyl (C=O) groups excluding carboxylic acids is 2. The van der Waals surface area contributed by atoms with E-state index in [1.165, 1.54) is 0 Å². The van der Waals surface area contributed by atoms with Crippen LogP contribution >= 0.6 is 0 Å². The average Bonchev–Trinajstić information content (AvgIpc) is 2.55. The smallest absolute Gasteiger partial charge is 0.307 e. The first kappa shape index (κ1) is 20.0. The van der Waals surface area contributed by atoms with Crippen molar-refractivity contribution in [1.82, 2.24) is 9.80 Å². The van der Waals surface area contributed by atoms with Gasteiger partial charge in [-0.3, -0.25) is 9.59 Å². The monoisotopic (exact) mass is 336 g/mol. The van der Waals surface area contributed by atoms with Gasteiger partial charge in [-0.05, 0) is 33.2 Å². The summed E-state index contributed by atoms with van der Waals surface area (Å²) < 4.78 is 10.5. The Balaban J connectivity index is 2.44. The van der Waals surface area contributed by atoms with Gasteiger partial charge >= 0.3 is 5.97 Å². The zero-order valence-corrected chi connectivity index (χ0v) is 14.9. The second-order valence-corrected chi connectivity index (χ2v) is 5.65. The third-order valence-corrected chi connectivity index (χ3v) is 3.39. The molecule has 0 atom stereocenters. The summed E-state index contributed by atoms with van der Waals surface area (Å²) in [6, 6.07) is 9.40. The maximum atomic E-state index is 12.4. The Morgan fingerprint density at radius 3 is 2.33 bits per heavy atom. The first-order chi connectivity index (χ1) is 11.5. The summed E-state index contributed by atoms with van der Waals surface area (Å²) in [5.41, 5.74) is 0. The Morgan fingerprint density at radius 1 is 1.00 bits per heavy atom. The van der Waals surface area contributed by atoms with Crippen LogP contribution < -0.4 is 4.74 Å². The molecule has 1 aromatic rings. The van der Waals surface area contributed by atoms with Crippen molar-refractivity contribution in [3.8, 4) is 5.75 Å². The van der Waals surface area contributed by atoms with Gasteiger partial charge in [-0.1, -0.05) is 18.2 Å². The van der Waals surface area contributed by atoms with Crippen LogP contribution in [-0.4, -0.2) is 68.6 Å². The van der Waals surface area contributed by atoms with Crippen LogP contribution in [0.2, 0.25) is 0 Å². The predicted octanol–water partition coefficient (Wildman–Crippen LogP) is 1.80. The van der Waals surface area contributed by atoms with E-state index in [0.717, 1.165) is 12.3 Å². The quantitative estimate of drug-likeness (QED) is 0.577. The van der Waals surface area contributed by atoms with Crippen LogP contribution in [0.1, 0.15) is 19.8 Å². The molecule has 1 rings (SSSR count). The minimum atomic E-state index is -0.277. The van der Waals surface area contributed by atoms with Crippen molar-refractivity contribution >= 4 is 11.9 Å². The van der Waals surface area contributed by atoms with Crippen molar-refractivity contribution in [3.05, 3.63) is 30.3 Å². The lowest BCUT2D eigenvalue weighted by Crippen LogP contribution is -2.38. The molecule has 0 spiro atoms. The molecule has 0 N–H and O–H groups in total. The zero-order valence-electron chi connectivity index (χ0n) is 14.9. The third kappa shape index (κ3) is 8.53. The number of ether oxygens (including phenoxy) is 2. The number of hydrogen-bond acceptors (Lipinski definition) is 5. The van der Waals surface area contributed by atoms with E-state index in [-0.39, 0.29) is 24.7 Å². The number of nitrogens with zero attached hydrogens (tertiary/aromatic N) is 2. The van der Waals surface area contributed by atoms with Crippen molar-refractivity contribution in [3.63, 3.8) is 0 Å². The van der Waals surface area contributed by atoms with Crippen LogP contribution in [0.5, 0.6) is 5.75 Å². The van der Waals surface area contributed by atoms with E-state index in [1.54, 1.807) is 11.8 Å². The summed E-state index contributed by atoms with van der Waals surface area (Å²) in [6.45, 7) is 4.14. The first-order valence-corrected chi connectivity index (χ1v) is 8.29. The highest BCUT2D eigenvalue weighted by Crippen LogP contribution is 2.09. The van der Waals surface area contributed by atoms with Gasteiger partial charge in [0, 0.05) is 19.6 Å². The number of hydrogen-bond donors (Lipinski definition) is 0. The van der Waals surface area contributed by atoms with Crippen LogP contribution in [0, 0.1) is 0 Å². The number of benzene rings is 1. The molecule has 0 heterocycles. The van der Waals surface area contributed by atoms with E-state index in [0.29, 0.717) is 26.3 Å². The van der Waals surface area contributed by atoms with Crippen LogP contribution in [-0.2, 0) is 14.3 Å². The third-order valence-electron chi connectivity index (χ3n) is 3.39. The Kier molecular flexibility index (Phi) is 9.53. The summed E-state index contributed by atoms with van der Waals surface area (Å²) in [6.07, 6.45) is 0.498. The summed E-state index contributed by atoms with van der Waals surface area (Å²) >= 11 is 0. The molecule has 134 valence electrons. The van der Waals surface area contributed by atoms with Crippen molar-refractivity contribution in [2.45, 2.75) is 19.8 Å². The Bertz CT molecular complexity index is 491. The highest BCUT2D eigenvalue weighted by molar-refractivity contribution is 5.77. The second kappa shape index (κ2) is 11.5. The van der Waals surface area contributed by atoms with E-state index >= 15 is 0 Å². The van der Waals surface area contributed by atoms with Crippen molar-refractivity contribution in [1.29, 1.82) is 0 Å². The van der Waals surface area contributed by atoms with Crippen LogP contribution in [0.3, 0.4) is 0 Å². The average molecular weight is 336 g/mol. The molecule has 24 heavy (non-hydrogen) atoms. The van der Waals surface area contributed by atoms with E-state index in [4.69, 9.17) is 9.47 Å².